The molecule has 0 aromatic carbocycles. The fourth-order valence-corrected chi connectivity index (χ4v) is 1.28. The van der Waals surface area contributed by atoms with E-state index in [9.17, 15) is 9.90 Å². The number of rotatable bonds is 5. The third-order valence-corrected chi connectivity index (χ3v) is 2.23. The summed E-state index contributed by atoms with van der Waals surface area (Å²) in [5, 5.41) is 13.6. The Labute approximate surface area is 95.5 Å². The molecule has 16 heavy (non-hydrogen) atoms. The maximum absolute atomic E-state index is 11.6. The van der Waals surface area contributed by atoms with Crippen molar-refractivity contribution in [2.75, 3.05) is 0 Å². The van der Waals surface area contributed by atoms with Crippen LogP contribution in [0.4, 0.5) is 0 Å². The summed E-state index contributed by atoms with van der Waals surface area (Å²) < 4.78 is 1.72. The number of hydrogen-bond acceptors (Lipinski definition) is 4. The lowest BCUT2D eigenvalue weighted by Gasteiger charge is -2.15. The normalized spacial score (nSPS) is 12.1. The first-order valence-electron chi connectivity index (χ1n) is 5.43. The fraction of sp³-hybridized carbons (Fsp3) is 0.727. The zero-order valence-corrected chi connectivity index (χ0v) is 10.3. The van der Waals surface area contributed by atoms with Crippen LogP contribution in [-0.2, 0) is 17.8 Å². The highest BCUT2D eigenvalue weighted by Gasteiger charge is 2.25. The van der Waals surface area contributed by atoms with Gasteiger partial charge in [0.15, 0.2) is 5.78 Å². The molecular formula is C11H19N3O2. The van der Waals surface area contributed by atoms with Gasteiger partial charge in [-0.3, -0.25) is 4.79 Å². The molecular weight excluding hydrogens is 206 g/mol. The van der Waals surface area contributed by atoms with E-state index in [2.05, 4.69) is 23.9 Å². The van der Waals surface area contributed by atoms with E-state index in [1.807, 2.05) is 0 Å². The summed E-state index contributed by atoms with van der Waals surface area (Å²) >= 11 is 0. The topological polar surface area (TPSA) is 68.0 Å². The standard InChI is InChI=1S/C11H19N3O2/c1-8(2)6-14-10(12-7-13-14)5-9(15)11(3,4)16/h7-8,16H,5-6H2,1-4H3. The van der Waals surface area contributed by atoms with Crippen LogP contribution in [0.25, 0.3) is 0 Å². The molecule has 0 saturated carbocycles. The molecule has 0 aliphatic rings. The molecule has 5 nitrogen and oxygen atoms in total. The summed E-state index contributed by atoms with van der Waals surface area (Å²) in [6.45, 7) is 7.85. The lowest BCUT2D eigenvalue weighted by atomic mass is 10.0. The minimum Gasteiger partial charge on any atom is -0.383 e. The van der Waals surface area contributed by atoms with Gasteiger partial charge in [-0.2, -0.15) is 5.10 Å². The van der Waals surface area contributed by atoms with Crippen molar-refractivity contribution in [1.29, 1.82) is 0 Å². The minimum atomic E-state index is -1.31. The van der Waals surface area contributed by atoms with E-state index < -0.39 is 5.60 Å². The van der Waals surface area contributed by atoms with Crippen molar-refractivity contribution in [3.05, 3.63) is 12.2 Å². The second kappa shape index (κ2) is 4.74. The smallest absolute Gasteiger partial charge is 0.171 e. The molecule has 0 amide bonds. The molecule has 1 aromatic rings. The van der Waals surface area contributed by atoms with E-state index >= 15 is 0 Å². The van der Waals surface area contributed by atoms with Crippen LogP contribution in [0.5, 0.6) is 0 Å². The van der Waals surface area contributed by atoms with Crippen molar-refractivity contribution < 1.29 is 9.90 Å². The number of carbonyl (C=O) groups is 1. The first-order valence-corrected chi connectivity index (χ1v) is 5.43. The van der Waals surface area contributed by atoms with Gasteiger partial charge in [-0.05, 0) is 19.8 Å². The van der Waals surface area contributed by atoms with Gasteiger partial charge in [0.05, 0.1) is 6.42 Å². The Morgan fingerprint density at radius 2 is 2.19 bits per heavy atom. The van der Waals surface area contributed by atoms with Crippen LogP contribution in [0.15, 0.2) is 6.33 Å². The van der Waals surface area contributed by atoms with Crippen LogP contribution in [0.1, 0.15) is 33.5 Å². The van der Waals surface area contributed by atoms with Crippen LogP contribution in [-0.4, -0.2) is 31.3 Å². The van der Waals surface area contributed by atoms with E-state index in [4.69, 9.17) is 0 Å². The third kappa shape index (κ3) is 3.41. The second-order valence-corrected chi connectivity index (χ2v) is 4.91. The van der Waals surface area contributed by atoms with Crippen molar-refractivity contribution in [1.82, 2.24) is 14.8 Å². The molecule has 1 rings (SSSR count). The molecule has 0 bridgehead atoms. The highest BCUT2D eigenvalue weighted by atomic mass is 16.3. The first-order chi connectivity index (χ1) is 7.30. The van der Waals surface area contributed by atoms with Gasteiger partial charge in [-0.1, -0.05) is 13.8 Å². The number of aliphatic hydroxyl groups is 1. The maximum Gasteiger partial charge on any atom is 0.171 e. The van der Waals surface area contributed by atoms with Crippen molar-refractivity contribution in [3.63, 3.8) is 0 Å². The molecule has 0 saturated heterocycles. The van der Waals surface area contributed by atoms with E-state index in [-0.39, 0.29) is 12.2 Å². The number of hydrogen-bond donors (Lipinski definition) is 1. The van der Waals surface area contributed by atoms with Crippen LogP contribution in [0.2, 0.25) is 0 Å². The quantitative estimate of drug-likeness (QED) is 0.805. The summed E-state index contributed by atoms with van der Waals surface area (Å²) in [6, 6.07) is 0. The SMILES string of the molecule is CC(C)Cn1ncnc1CC(=O)C(C)(C)O. The monoisotopic (exact) mass is 225 g/mol. The number of aromatic nitrogens is 3. The molecule has 90 valence electrons. The third-order valence-electron chi connectivity index (χ3n) is 2.23. The fourth-order valence-electron chi connectivity index (χ4n) is 1.28. The van der Waals surface area contributed by atoms with Crippen LogP contribution in [0.3, 0.4) is 0 Å². The van der Waals surface area contributed by atoms with Gasteiger partial charge in [0.2, 0.25) is 0 Å². The highest BCUT2D eigenvalue weighted by molar-refractivity contribution is 5.87. The summed E-state index contributed by atoms with van der Waals surface area (Å²) in [7, 11) is 0. The zero-order chi connectivity index (χ0) is 12.3. The number of Topliss-reactive ketones (excluding diaryl/α,β-unsaturated/α-hetero) is 1. The molecule has 0 atom stereocenters. The molecule has 0 fully saturated rings. The van der Waals surface area contributed by atoms with Crippen molar-refractivity contribution in [2.45, 2.75) is 46.3 Å². The molecule has 0 aliphatic carbocycles. The Kier molecular flexibility index (Phi) is 3.80. The predicted octanol–water partition coefficient (Wildman–Crippen LogP) is 0.817. The molecule has 1 heterocycles. The van der Waals surface area contributed by atoms with Crippen LogP contribution < -0.4 is 0 Å². The van der Waals surface area contributed by atoms with Gasteiger partial charge >= 0.3 is 0 Å². The zero-order valence-electron chi connectivity index (χ0n) is 10.3. The Balaban J connectivity index is 2.74. The minimum absolute atomic E-state index is 0.121. The molecule has 0 aliphatic heterocycles. The van der Waals surface area contributed by atoms with E-state index in [0.29, 0.717) is 11.7 Å². The largest absolute Gasteiger partial charge is 0.383 e. The van der Waals surface area contributed by atoms with Gasteiger partial charge in [-0.25, -0.2) is 9.67 Å². The number of carbonyl (C=O) groups excluding carboxylic acids is 1. The van der Waals surface area contributed by atoms with Gasteiger partial charge in [-0.15, -0.1) is 0 Å². The van der Waals surface area contributed by atoms with Gasteiger partial charge in [0, 0.05) is 6.54 Å². The van der Waals surface area contributed by atoms with Gasteiger partial charge < -0.3 is 5.11 Å². The second-order valence-electron chi connectivity index (χ2n) is 4.91. The van der Waals surface area contributed by atoms with E-state index in [1.165, 1.54) is 20.2 Å². The Morgan fingerprint density at radius 3 is 2.69 bits per heavy atom. The van der Waals surface area contributed by atoms with Gasteiger partial charge in [0.1, 0.15) is 17.8 Å². The molecule has 0 spiro atoms. The lowest BCUT2D eigenvalue weighted by molar-refractivity contribution is -0.133. The summed E-state index contributed by atoms with van der Waals surface area (Å²) in [5.74, 6) is 0.809. The van der Waals surface area contributed by atoms with Crippen LogP contribution in [0, 0.1) is 5.92 Å². The molecule has 5 heteroatoms. The first kappa shape index (κ1) is 12.8. The van der Waals surface area contributed by atoms with E-state index in [1.54, 1.807) is 4.68 Å². The average molecular weight is 225 g/mol. The molecule has 0 radical (unpaired) electrons. The Hall–Kier alpha value is -1.23. The molecule has 1 N–H and O–H groups in total. The Bertz CT molecular complexity index is 364. The average Bonchev–Trinajstić information content (AvgIpc) is 2.50. The van der Waals surface area contributed by atoms with Crippen molar-refractivity contribution >= 4 is 5.78 Å². The molecule has 0 unspecified atom stereocenters. The summed E-state index contributed by atoms with van der Waals surface area (Å²) in [5.41, 5.74) is -1.31. The summed E-state index contributed by atoms with van der Waals surface area (Å²) in [4.78, 5) is 15.7. The van der Waals surface area contributed by atoms with Crippen molar-refractivity contribution in [2.24, 2.45) is 5.92 Å². The Morgan fingerprint density at radius 1 is 1.56 bits per heavy atom. The number of nitrogens with zero attached hydrogens (tertiary/aromatic N) is 3. The highest BCUT2D eigenvalue weighted by Crippen LogP contribution is 2.09. The van der Waals surface area contributed by atoms with Crippen molar-refractivity contribution in [3.8, 4) is 0 Å². The molecule has 1 aromatic heterocycles. The number of ketones is 1. The summed E-state index contributed by atoms with van der Waals surface area (Å²) in [6.07, 6.45) is 1.56. The lowest BCUT2D eigenvalue weighted by Crippen LogP contribution is -2.33. The van der Waals surface area contributed by atoms with Crippen LogP contribution >= 0.6 is 0 Å². The maximum atomic E-state index is 11.6. The van der Waals surface area contributed by atoms with Gasteiger partial charge in [0.25, 0.3) is 0 Å². The predicted molar refractivity (Wildman–Crippen MR) is 59.9 cm³/mol. The van der Waals surface area contributed by atoms with E-state index in [0.717, 1.165) is 6.54 Å².